The molecule has 0 saturated carbocycles. The number of rotatable bonds is 3. The quantitative estimate of drug-likeness (QED) is 0.487. The second-order valence-corrected chi connectivity index (χ2v) is 3.22. The van der Waals surface area contributed by atoms with Crippen molar-refractivity contribution in [3.05, 3.63) is 0 Å². The highest BCUT2D eigenvalue weighted by atomic mass is 32.2. The molecule has 0 aromatic carbocycles. The third-order valence-corrected chi connectivity index (χ3v) is 1.79. The van der Waals surface area contributed by atoms with Crippen molar-refractivity contribution >= 4 is 28.4 Å². The number of ether oxygens (including phenoxy) is 1. The molecule has 0 aliphatic rings. The van der Waals surface area contributed by atoms with Crippen LogP contribution in [-0.4, -0.2) is 33.2 Å². The molecule has 0 aliphatic heterocycles. The van der Waals surface area contributed by atoms with Crippen LogP contribution in [0.25, 0.3) is 0 Å². The largest absolute Gasteiger partial charge is 0.479 e. The van der Waals surface area contributed by atoms with Crippen LogP contribution < -0.4 is 0 Å². The third-order valence-electron chi connectivity index (χ3n) is 0.651. The lowest BCUT2D eigenvalue weighted by atomic mass is 10.8. The van der Waals surface area contributed by atoms with Gasteiger partial charge >= 0.3 is 0 Å². The standard InChI is InChI=1S/C5H10O3S2/c1-2-8-5(9)10-4(7)3-6/h4,6-7H,2-3H2,1H3. The summed E-state index contributed by atoms with van der Waals surface area (Å²) in [5, 5.41) is 17.2. The predicted octanol–water partition coefficient (Wildman–Crippen LogP) is 0.352. The first kappa shape index (κ1) is 10.2. The number of thioether (sulfide) groups is 1. The summed E-state index contributed by atoms with van der Waals surface area (Å²) in [7, 11) is 0. The summed E-state index contributed by atoms with van der Waals surface area (Å²) in [4.78, 5) is 0. The zero-order valence-electron chi connectivity index (χ0n) is 5.61. The van der Waals surface area contributed by atoms with Crippen molar-refractivity contribution in [1.82, 2.24) is 0 Å². The fourth-order valence-electron chi connectivity index (χ4n) is 0.300. The van der Waals surface area contributed by atoms with E-state index >= 15 is 0 Å². The molecule has 0 saturated heterocycles. The first-order valence-electron chi connectivity index (χ1n) is 2.83. The van der Waals surface area contributed by atoms with Crippen LogP contribution in [0.2, 0.25) is 0 Å². The van der Waals surface area contributed by atoms with Gasteiger partial charge in [-0.1, -0.05) is 0 Å². The minimum Gasteiger partial charge on any atom is -0.479 e. The number of hydrogen-bond acceptors (Lipinski definition) is 5. The van der Waals surface area contributed by atoms with Crippen LogP contribution in [-0.2, 0) is 4.74 Å². The van der Waals surface area contributed by atoms with Gasteiger partial charge in [0.2, 0.25) is 4.38 Å². The zero-order valence-corrected chi connectivity index (χ0v) is 7.24. The monoisotopic (exact) mass is 182 g/mol. The van der Waals surface area contributed by atoms with Crippen LogP contribution in [0.5, 0.6) is 0 Å². The molecule has 0 spiro atoms. The highest BCUT2D eigenvalue weighted by Crippen LogP contribution is 2.10. The van der Waals surface area contributed by atoms with Gasteiger partial charge in [0.25, 0.3) is 0 Å². The summed E-state index contributed by atoms with van der Waals surface area (Å²) in [6, 6.07) is 0. The first-order chi connectivity index (χ1) is 4.70. The van der Waals surface area contributed by atoms with E-state index in [0.717, 1.165) is 11.8 Å². The highest BCUT2D eigenvalue weighted by molar-refractivity contribution is 8.22. The van der Waals surface area contributed by atoms with Gasteiger partial charge in [-0.3, -0.25) is 0 Å². The van der Waals surface area contributed by atoms with Crippen LogP contribution >= 0.6 is 24.0 Å². The maximum atomic E-state index is 8.80. The molecule has 0 bridgehead atoms. The van der Waals surface area contributed by atoms with E-state index in [-0.39, 0.29) is 11.0 Å². The van der Waals surface area contributed by atoms with Crippen LogP contribution in [0.15, 0.2) is 0 Å². The van der Waals surface area contributed by atoms with E-state index in [0.29, 0.717) is 6.61 Å². The summed E-state index contributed by atoms with van der Waals surface area (Å²) < 4.78 is 5.11. The second-order valence-electron chi connectivity index (χ2n) is 1.44. The van der Waals surface area contributed by atoms with Crippen LogP contribution in [0.1, 0.15) is 6.92 Å². The molecular weight excluding hydrogens is 172 g/mol. The van der Waals surface area contributed by atoms with Gasteiger partial charge in [-0.2, -0.15) is 0 Å². The van der Waals surface area contributed by atoms with Gasteiger partial charge in [0, 0.05) is 0 Å². The molecule has 0 rings (SSSR count). The molecule has 10 heavy (non-hydrogen) atoms. The van der Waals surface area contributed by atoms with E-state index < -0.39 is 5.44 Å². The Hall–Kier alpha value is 0.160. The van der Waals surface area contributed by atoms with Gasteiger partial charge in [0.1, 0.15) is 5.44 Å². The molecule has 60 valence electrons. The molecule has 0 heterocycles. The Kier molecular flexibility index (Phi) is 6.00. The average molecular weight is 182 g/mol. The Labute approximate surface area is 69.4 Å². The van der Waals surface area contributed by atoms with E-state index in [2.05, 4.69) is 12.2 Å². The van der Waals surface area contributed by atoms with Crippen LogP contribution in [0.4, 0.5) is 0 Å². The fourth-order valence-corrected chi connectivity index (χ4v) is 1.23. The lowest BCUT2D eigenvalue weighted by Gasteiger charge is -2.06. The first-order valence-corrected chi connectivity index (χ1v) is 4.11. The molecule has 1 atom stereocenters. The maximum absolute atomic E-state index is 8.80. The predicted molar refractivity (Wildman–Crippen MR) is 44.9 cm³/mol. The average Bonchev–Trinajstić information content (AvgIpc) is 1.88. The summed E-state index contributed by atoms with van der Waals surface area (Å²) >= 11 is 5.60. The molecule has 0 amide bonds. The maximum Gasteiger partial charge on any atom is 0.222 e. The highest BCUT2D eigenvalue weighted by Gasteiger charge is 2.06. The van der Waals surface area contributed by atoms with Crippen molar-refractivity contribution in [2.24, 2.45) is 0 Å². The molecule has 0 radical (unpaired) electrons. The third kappa shape index (κ3) is 4.99. The molecule has 0 fully saturated rings. The lowest BCUT2D eigenvalue weighted by Crippen LogP contribution is -2.10. The summed E-state index contributed by atoms with van der Waals surface area (Å²) in [6.07, 6.45) is 0. The van der Waals surface area contributed by atoms with Gasteiger partial charge < -0.3 is 14.9 Å². The molecule has 5 heteroatoms. The van der Waals surface area contributed by atoms with E-state index in [9.17, 15) is 0 Å². The van der Waals surface area contributed by atoms with Gasteiger partial charge in [0.15, 0.2) is 0 Å². The Morgan fingerprint density at radius 2 is 2.40 bits per heavy atom. The number of hydrogen-bond donors (Lipinski definition) is 2. The molecule has 2 N–H and O–H groups in total. The molecule has 0 aliphatic carbocycles. The number of thiocarbonyl (C=S) groups is 1. The van der Waals surface area contributed by atoms with Crippen molar-refractivity contribution in [1.29, 1.82) is 0 Å². The molecule has 3 nitrogen and oxygen atoms in total. The smallest absolute Gasteiger partial charge is 0.222 e. The van der Waals surface area contributed by atoms with Crippen LogP contribution in [0.3, 0.4) is 0 Å². The zero-order chi connectivity index (χ0) is 7.98. The summed E-state index contributed by atoms with van der Waals surface area (Å²) in [5.41, 5.74) is -0.862. The van der Waals surface area contributed by atoms with E-state index in [1.165, 1.54) is 0 Å². The summed E-state index contributed by atoms with van der Waals surface area (Å²) in [6.45, 7) is 1.99. The van der Waals surface area contributed by atoms with Crippen molar-refractivity contribution in [3.63, 3.8) is 0 Å². The molecule has 0 aromatic heterocycles. The van der Waals surface area contributed by atoms with Gasteiger partial charge in [0.05, 0.1) is 13.2 Å². The minimum absolute atomic E-state index is 0.268. The topological polar surface area (TPSA) is 49.7 Å². The van der Waals surface area contributed by atoms with Crippen molar-refractivity contribution in [3.8, 4) is 0 Å². The lowest BCUT2D eigenvalue weighted by molar-refractivity contribution is 0.161. The van der Waals surface area contributed by atoms with Gasteiger partial charge in [-0.15, -0.1) is 0 Å². The van der Waals surface area contributed by atoms with Crippen molar-refractivity contribution < 1.29 is 14.9 Å². The van der Waals surface area contributed by atoms with Gasteiger partial charge in [-0.05, 0) is 30.9 Å². The van der Waals surface area contributed by atoms with Crippen molar-refractivity contribution in [2.75, 3.05) is 13.2 Å². The van der Waals surface area contributed by atoms with Crippen molar-refractivity contribution in [2.45, 2.75) is 12.4 Å². The van der Waals surface area contributed by atoms with E-state index in [1.807, 2.05) is 0 Å². The Balaban J connectivity index is 3.37. The number of aliphatic hydroxyl groups is 2. The fraction of sp³-hybridized carbons (Fsp3) is 0.800. The Bertz CT molecular complexity index is 107. The Morgan fingerprint density at radius 3 is 2.80 bits per heavy atom. The van der Waals surface area contributed by atoms with E-state index in [1.54, 1.807) is 6.92 Å². The summed E-state index contributed by atoms with van der Waals surface area (Å²) in [5.74, 6) is 0. The van der Waals surface area contributed by atoms with Crippen LogP contribution in [0, 0.1) is 0 Å². The SMILES string of the molecule is CCOC(=S)SC(O)CO. The molecule has 0 aromatic rings. The number of aliphatic hydroxyl groups excluding tert-OH is 2. The van der Waals surface area contributed by atoms with Gasteiger partial charge in [-0.25, -0.2) is 0 Å². The normalized spacial score (nSPS) is 12.7. The molecule has 1 unspecified atom stereocenters. The molecular formula is C5H10O3S2. The van der Waals surface area contributed by atoms with E-state index in [4.69, 9.17) is 14.9 Å². The minimum atomic E-state index is -0.862. The Morgan fingerprint density at radius 1 is 1.80 bits per heavy atom. The second kappa shape index (κ2) is 5.91.